The van der Waals surface area contributed by atoms with Gasteiger partial charge in [-0.05, 0) is 58.4 Å². The lowest BCUT2D eigenvalue weighted by Gasteiger charge is -2.21. The molecule has 146 valence electrons. The first-order valence-corrected chi connectivity index (χ1v) is 11.3. The molecule has 1 aromatic rings. The number of benzene rings is 1. The standard InChI is InChI=1S/C19H31BrN4OS/c1-5-21-18(22-11-13-26(25)19(2,3)4)23-16-10-12-24(14-16)17-8-6-15(20)7-9-17/h6-9,16H,5,10-14H2,1-4H3,(H2,21,22,23). The molecule has 1 fully saturated rings. The van der Waals surface area contributed by atoms with Crippen LogP contribution in [0.25, 0.3) is 0 Å². The van der Waals surface area contributed by atoms with Crippen molar-refractivity contribution in [2.24, 2.45) is 4.99 Å². The number of guanidine groups is 1. The Hall–Kier alpha value is -1.08. The third kappa shape index (κ3) is 6.58. The van der Waals surface area contributed by atoms with Crippen molar-refractivity contribution >= 4 is 38.4 Å². The fraction of sp³-hybridized carbons (Fsp3) is 0.632. The average molecular weight is 443 g/mol. The van der Waals surface area contributed by atoms with E-state index in [-0.39, 0.29) is 4.75 Å². The van der Waals surface area contributed by atoms with Crippen LogP contribution in [0.3, 0.4) is 0 Å². The van der Waals surface area contributed by atoms with Gasteiger partial charge in [0.15, 0.2) is 5.96 Å². The molecule has 0 aliphatic carbocycles. The van der Waals surface area contributed by atoms with Crippen molar-refractivity contribution < 1.29 is 4.21 Å². The average Bonchev–Trinajstić information content (AvgIpc) is 3.03. The Bertz CT molecular complexity index is 627. The third-order valence-electron chi connectivity index (χ3n) is 4.29. The van der Waals surface area contributed by atoms with Gasteiger partial charge >= 0.3 is 0 Å². The van der Waals surface area contributed by atoms with Crippen molar-refractivity contribution in [2.45, 2.75) is 44.9 Å². The molecule has 2 rings (SSSR count). The van der Waals surface area contributed by atoms with E-state index in [0.29, 0.717) is 18.3 Å². The van der Waals surface area contributed by atoms with E-state index in [9.17, 15) is 4.21 Å². The van der Waals surface area contributed by atoms with Crippen molar-refractivity contribution in [2.75, 3.05) is 36.8 Å². The van der Waals surface area contributed by atoms with Crippen LogP contribution in [0.4, 0.5) is 5.69 Å². The van der Waals surface area contributed by atoms with Gasteiger partial charge in [-0.2, -0.15) is 0 Å². The van der Waals surface area contributed by atoms with Crippen LogP contribution < -0.4 is 15.5 Å². The predicted octanol–water partition coefficient (Wildman–Crippen LogP) is 3.13. The maximum atomic E-state index is 12.2. The Morgan fingerprint density at radius 3 is 2.65 bits per heavy atom. The van der Waals surface area contributed by atoms with Gasteiger partial charge in [0.25, 0.3) is 0 Å². The minimum absolute atomic E-state index is 0.183. The largest absolute Gasteiger partial charge is 0.369 e. The molecule has 7 heteroatoms. The first-order chi connectivity index (χ1) is 12.3. The number of aliphatic imine (C=N–C) groups is 1. The van der Waals surface area contributed by atoms with Crippen LogP contribution in [0, 0.1) is 0 Å². The molecule has 0 spiro atoms. The molecule has 0 amide bonds. The molecule has 1 aromatic carbocycles. The zero-order valence-electron chi connectivity index (χ0n) is 16.2. The Morgan fingerprint density at radius 1 is 1.35 bits per heavy atom. The van der Waals surface area contributed by atoms with Gasteiger partial charge in [0.05, 0.1) is 6.54 Å². The molecule has 2 atom stereocenters. The molecule has 2 unspecified atom stereocenters. The molecule has 0 bridgehead atoms. The summed E-state index contributed by atoms with van der Waals surface area (Å²) in [7, 11) is -0.869. The smallest absolute Gasteiger partial charge is 0.191 e. The first-order valence-electron chi connectivity index (χ1n) is 9.23. The van der Waals surface area contributed by atoms with Gasteiger partial charge in [-0.25, -0.2) is 0 Å². The Kier molecular flexibility index (Phi) is 7.95. The van der Waals surface area contributed by atoms with Crippen LogP contribution in [0.2, 0.25) is 0 Å². The fourth-order valence-electron chi connectivity index (χ4n) is 2.82. The summed E-state index contributed by atoms with van der Waals surface area (Å²) in [6.45, 7) is 11.5. The van der Waals surface area contributed by atoms with Gasteiger partial charge in [0.1, 0.15) is 0 Å². The summed E-state index contributed by atoms with van der Waals surface area (Å²) in [6, 6.07) is 8.82. The normalized spacial score (nSPS) is 19.5. The molecule has 26 heavy (non-hydrogen) atoms. The van der Waals surface area contributed by atoms with Gasteiger partial charge in [-0.3, -0.25) is 9.20 Å². The number of anilines is 1. The summed E-state index contributed by atoms with van der Waals surface area (Å²) in [5, 5.41) is 6.83. The van der Waals surface area contributed by atoms with Crippen LogP contribution in [0.1, 0.15) is 34.1 Å². The second kappa shape index (κ2) is 9.74. The summed E-state index contributed by atoms with van der Waals surface area (Å²) in [5.74, 6) is 1.41. The van der Waals surface area contributed by atoms with Crippen LogP contribution >= 0.6 is 15.9 Å². The number of rotatable bonds is 6. The Balaban J connectivity index is 1.88. The number of hydrogen-bond donors (Lipinski definition) is 2. The zero-order chi connectivity index (χ0) is 19.2. The molecule has 0 radical (unpaired) electrons. The Labute approximate surface area is 168 Å². The maximum absolute atomic E-state index is 12.2. The zero-order valence-corrected chi connectivity index (χ0v) is 18.6. The molecule has 5 nitrogen and oxygen atoms in total. The summed E-state index contributed by atoms with van der Waals surface area (Å²) >= 11 is 3.49. The molecule has 1 aliphatic heterocycles. The minimum atomic E-state index is -0.869. The fourth-order valence-corrected chi connectivity index (χ4v) is 3.96. The number of hydrogen-bond acceptors (Lipinski definition) is 3. The highest BCUT2D eigenvalue weighted by Crippen LogP contribution is 2.22. The van der Waals surface area contributed by atoms with E-state index in [1.807, 2.05) is 20.8 Å². The van der Waals surface area contributed by atoms with Gasteiger partial charge < -0.3 is 15.5 Å². The van der Waals surface area contributed by atoms with E-state index >= 15 is 0 Å². The SMILES string of the molecule is CCNC(=NCCS(=O)C(C)(C)C)NC1CCN(c2ccc(Br)cc2)C1. The monoisotopic (exact) mass is 442 g/mol. The summed E-state index contributed by atoms with van der Waals surface area (Å²) < 4.78 is 13.1. The van der Waals surface area contributed by atoms with Gasteiger partial charge in [0, 0.05) is 57.1 Å². The van der Waals surface area contributed by atoms with Crippen molar-refractivity contribution in [3.05, 3.63) is 28.7 Å². The maximum Gasteiger partial charge on any atom is 0.191 e. The van der Waals surface area contributed by atoms with Gasteiger partial charge in [0.2, 0.25) is 0 Å². The molecule has 0 aromatic heterocycles. The lowest BCUT2D eigenvalue weighted by molar-refractivity contribution is 0.644. The highest BCUT2D eigenvalue weighted by molar-refractivity contribution is 9.10. The van der Waals surface area contributed by atoms with Gasteiger partial charge in [-0.15, -0.1) is 0 Å². The minimum Gasteiger partial charge on any atom is -0.369 e. The molecular formula is C19H31BrN4OS. The van der Waals surface area contributed by atoms with Crippen molar-refractivity contribution in [3.63, 3.8) is 0 Å². The predicted molar refractivity (Wildman–Crippen MR) is 117 cm³/mol. The topological polar surface area (TPSA) is 56.7 Å². The lowest BCUT2D eigenvalue weighted by atomic mass is 10.3. The van der Waals surface area contributed by atoms with Crippen LogP contribution in [-0.4, -0.2) is 52.9 Å². The first kappa shape index (κ1) is 21.2. The number of nitrogens with one attached hydrogen (secondary N) is 2. The summed E-state index contributed by atoms with van der Waals surface area (Å²) in [6.07, 6.45) is 1.08. The van der Waals surface area contributed by atoms with Crippen molar-refractivity contribution in [1.82, 2.24) is 10.6 Å². The van der Waals surface area contributed by atoms with E-state index < -0.39 is 10.8 Å². The van der Waals surface area contributed by atoms with Crippen molar-refractivity contribution in [3.8, 4) is 0 Å². The molecule has 1 heterocycles. The van der Waals surface area contributed by atoms with Crippen LogP contribution in [0.5, 0.6) is 0 Å². The number of halogens is 1. The highest BCUT2D eigenvalue weighted by Gasteiger charge is 2.23. The molecule has 0 saturated carbocycles. The van der Waals surface area contributed by atoms with Crippen LogP contribution in [-0.2, 0) is 10.8 Å². The Morgan fingerprint density at radius 2 is 2.04 bits per heavy atom. The van der Waals surface area contributed by atoms with E-state index in [0.717, 1.165) is 36.5 Å². The van der Waals surface area contributed by atoms with E-state index in [1.54, 1.807) is 0 Å². The highest BCUT2D eigenvalue weighted by atomic mass is 79.9. The summed E-state index contributed by atoms with van der Waals surface area (Å²) in [4.78, 5) is 7.01. The third-order valence-corrected chi connectivity index (χ3v) is 6.74. The molecule has 2 N–H and O–H groups in total. The van der Waals surface area contributed by atoms with E-state index in [4.69, 9.17) is 0 Å². The second-order valence-corrected chi connectivity index (χ2v) is 10.7. The molecule has 1 aliphatic rings. The van der Waals surface area contributed by atoms with Gasteiger partial charge in [-0.1, -0.05) is 15.9 Å². The second-order valence-electron chi connectivity index (χ2n) is 7.48. The van der Waals surface area contributed by atoms with E-state index in [1.165, 1.54) is 5.69 Å². The van der Waals surface area contributed by atoms with Crippen molar-refractivity contribution in [1.29, 1.82) is 0 Å². The number of nitrogens with zero attached hydrogens (tertiary/aromatic N) is 2. The quantitative estimate of drug-likeness (QED) is 0.524. The summed E-state index contributed by atoms with van der Waals surface area (Å²) in [5.41, 5.74) is 1.25. The lowest BCUT2D eigenvalue weighted by Crippen LogP contribution is -2.44. The molecule has 1 saturated heterocycles. The van der Waals surface area contributed by atoms with Crippen LogP contribution in [0.15, 0.2) is 33.7 Å². The molecular weight excluding hydrogens is 412 g/mol. The van der Waals surface area contributed by atoms with E-state index in [2.05, 4.69) is 67.6 Å².